The second-order valence-electron chi connectivity index (χ2n) is 7.62. The van der Waals surface area contributed by atoms with E-state index in [9.17, 15) is 9.59 Å². The van der Waals surface area contributed by atoms with Crippen LogP contribution in [0.5, 0.6) is 0 Å². The maximum absolute atomic E-state index is 13.1. The van der Waals surface area contributed by atoms with Gasteiger partial charge in [0.1, 0.15) is 6.04 Å². The SMILES string of the molecule is CC[C@@H](C)NC(=O)[C@@H](C)N(Cc1ccc(Cl)cc1)C(=O)CSCc1cccc(C)c1. The average molecular weight is 447 g/mol. The largest absolute Gasteiger partial charge is 0.352 e. The van der Waals surface area contributed by atoms with Crippen molar-refractivity contribution in [1.29, 1.82) is 0 Å². The quantitative estimate of drug-likeness (QED) is 0.544. The van der Waals surface area contributed by atoms with Crippen molar-refractivity contribution in [2.45, 2.75) is 58.5 Å². The Kier molecular flexibility index (Phi) is 9.73. The van der Waals surface area contributed by atoms with Crippen LogP contribution in [0, 0.1) is 6.92 Å². The molecule has 0 saturated heterocycles. The second-order valence-corrected chi connectivity index (χ2v) is 9.05. The number of nitrogens with one attached hydrogen (secondary N) is 1. The van der Waals surface area contributed by atoms with Crippen LogP contribution >= 0.6 is 23.4 Å². The van der Waals surface area contributed by atoms with Gasteiger partial charge in [0.15, 0.2) is 0 Å². The van der Waals surface area contributed by atoms with Crippen molar-refractivity contribution >= 4 is 35.2 Å². The van der Waals surface area contributed by atoms with Crippen LogP contribution < -0.4 is 5.32 Å². The summed E-state index contributed by atoms with van der Waals surface area (Å²) < 4.78 is 0. The molecule has 6 heteroatoms. The summed E-state index contributed by atoms with van der Waals surface area (Å²) in [4.78, 5) is 27.4. The first-order valence-electron chi connectivity index (χ1n) is 10.3. The lowest BCUT2D eigenvalue weighted by molar-refractivity contribution is -0.138. The lowest BCUT2D eigenvalue weighted by Gasteiger charge is -2.29. The van der Waals surface area contributed by atoms with Crippen molar-refractivity contribution in [1.82, 2.24) is 10.2 Å². The monoisotopic (exact) mass is 446 g/mol. The Hall–Kier alpha value is -1.98. The standard InChI is InChI=1S/C24H31ClN2O2S/c1-5-18(3)26-24(29)19(4)27(14-20-9-11-22(25)12-10-20)23(28)16-30-15-21-8-6-7-17(2)13-21/h6-13,18-19H,5,14-16H2,1-4H3,(H,26,29)/t18-,19-/m1/s1. The molecule has 4 nitrogen and oxygen atoms in total. The smallest absolute Gasteiger partial charge is 0.242 e. The Bertz CT molecular complexity index is 841. The zero-order chi connectivity index (χ0) is 22.1. The van der Waals surface area contributed by atoms with Gasteiger partial charge in [-0.1, -0.05) is 60.5 Å². The van der Waals surface area contributed by atoms with Crippen LogP contribution in [0.2, 0.25) is 5.02 Å². The van der Waals surface area contributed by atoms with E-state index in [1.54, 1.807) is 35.7 Å². The normalized spacial score (nSPS) is 12.8. The van der Waals surface area contributed by atoms with E-state index >= 15 is 0 Å². The summed E-state index contributed by atoms with van der Waals surface area (Å²) in [5.41, 5.74) is 3.35. The van der Waals surface area contributed by atoms with Gasteiger partial charge >= 0.3 is 0 Å². The van der Waals surface area contributed by atoms with E-state index in [2.05, 4.69) is 30.4 Å². The highest BCUT2D eigenvalue weighted by molar-refractivity contribution is 7.99. The molecule has 0 saturated carbocycles. The van der Waals surface area contributed by atoms with E-state index in [0.29, 0.717) is 17.3 Å². The fourth-order valence-corrected chi connectivity index (χ4v) is 3.96. The molecule has 162 valence electrons. The van der Waals surface area contributed by atoms with Gasteiger partial charge in [-0.05, 0) is 50.5 Å². The van der Waals surface area contributed by atoms with Crippen molar-refractivity contribution in [2.75, 3.05) is 5.75 Å². The van der Waals surface area contributed by atoms with Crippen LogP contribution in [0.1, 0.15) is 43.9 Å². The number of benzene rings is 2. The molecule has 0 aliphatic heterocycles. The molecule has 2 aromatic carbocycles. The number of hydrogen-bond donors (Lipinski definition) is 1. The average Bonchev–Trinajstić information content (AvgIpc) is 2.72. The van der Waals surface area contributed by atoms with E-state index in [-0.39, 0.29) is 17.9 Å². The lowest BCUT2D eigenvalue weighted by atomic mass is 10.1. The number of hydrogen-bond acceptors (Lipinski definition) is 3. The van der Waals surface area contributed by atoms with Crippen LogP contribution in [-0.4, -0.2) is 34.6 Å². The van der Waals surface area contributed by atoms with Gasteiger partial charge in [-0.2, -0.15) is 0 Å². The fourth-order valence-electron chi connectivity index (χ4n) is 2.98. The predicted octanol–water partition coefficient (Wildman–Crippen LogP) is 5.21. The van der Waals surface area contributed by atoms with Gasteiger partial charge in [0.2, 0.25) is 11.8 Å². The molecular formula is C24H31ClN2O2S. The third-order valence-electron chi connectivity index (χ3n) is 5.01. The minimum absolute atomic E-state index is 0.0468. The van der Waals surface area contributed by atoms with Gasteiger partial charge in [0, 0.05) is 23.4 Å². The highest BCUT2D eigenvalue weighted by atomic mass is 35.5. The first-order chi connectivity index (χ1) is 14.3. The Labute approximate surface area is 189 Å². The number of thioether (sulfide) groups is 1. The molecule has 2 aromatic rings. The van der Waals surface area contributed by atoms with Crippen molar-refractivity contribution in [3.63, 3.8) is 0 Å². The zero-order valence-corrected chi connectivity index (χ0v) is 19.7. The fraction of sp³-hybridized carbons (Fsp3) is 0.417. The van der Waals surface area contributed by atoms with Gasteiger partial charge in [0.05, 0.1) is 5.75 Å². The van der Waals surface area contributed by atoms with Crippen LogP contribution in [-0.2, 0) is 21.9 Å². The highest BCUT2D eigenvalue weighted by Gasteiger charge is 2.26. The molecule has 0 unspecified atom stereocenters. The molecule has 2 amide bonds. The summed E-state index contributed by atoms with van der Waals surface area (Å²) in [6.07, 6.45) is 0.843. The maximum atomic E-state index is 13.1. The molecule has 0 fully saturated rings. The predicted molar refractivity (Wildman–Crippen MR) is 127 cm³/mol. The molecule has 30 heavy (non-hydrogen) atoms. The third-order valence-corrected chi connectivity index (χ3v) is 6.25. The molecule has 0 heterocycles. The Morgan fingerprint density at radius 1 is 1.10 bits per heavy atom. The van der Waals surface area contributed by atoms with E-state index in [0.717, 1.165) is 17.7 Å². The van der Waals surface area contributed by atoms with Crippen molar-refractivity contribution in [2.24, 2.45) is 0 Å². The van der Waals surface area contributed by atoms with Gasteiger partial charge in [0.25, 0.3) is 0 Å². The lowest BCUT2D eigenvalue weighted by Crippen LogP contribution is -2.50. The molecule has 2 atom stereocenters. The summed E-state index contributed by atoms with van der Waals surface area (Å²) in [6.45, 7) is 8.21. The number of aryl methyl sites for hydroxylation is 1. The Morgan fingerprint density at radius 2 is 1.80 bits per heavy atom. The summed E-state index contributed by atoms with van der Waals surface area (Å²) >= 11 is 7.55. The molecule has 1 N–H and O–H groups in total. The number of carbonyl (C=O) groups is 2. The molecule has 0 spiro atoms. The molecular weight excluding hydrogens is 416 g/mol. The highest BCUT2D eigenvalue weighted by Crippen LogP contribution is 2.18. The molecule has 0 aliphatic rings. The Morgan fingerprint density at radius 3 is 2.43 bits per heavy atom. The molecule has 0 aromatic heterocycles. The summed E-state index contributed by atoms with van der Waals surface area (Å²) in [5.74, 6) is 0.905. The van der Waals surface area contributed by atoms with Crippen LogP contribution in [0.15, 0.2) is 48.5 Å². The number of amides is 2. The van der Waals surface area contributed by atoms with E-state index < -0.39 is 6.04 Å². The van der Waals surface area contributed by atoms with E-state index in [4.69, 9.17) is 11.6 Å². The zero-order valence-electron chi connectivity index (χ0n) is 18.2. The van der Waals surface area contributed by atoms with Crippen LogP contribution in [0.4, 0.5) is 0 Å². The minimum atomic E-state index is -0.554. The maximum Gasteiger partial charge on any atom is 0.242 e. The number of nitrogens with zero attached hydrogens (tertiary/aromatic N) is 1. The molecule has 0 aliphatic carbocycles. The number of rotatable bonds is 10. The van der Waals surface area contributed by atoms with Gasteiger partial charge < -0.3 is 10.2 Å². The van der Waals surface area contributed by atoms with Crippen LogP contribution in [0.25, 0.3) is 0 Å². The van der Waals surface area contributed by atoms with E-state index in [1.165, 1.54) is 11.1 Å². The molecule has 0 bridgehead atoms. The Balaban J connectivity index is 2.07. The molecule has 0 radical (unpaired) electrons. The topological polar surface area (TPSA) is 49.4 Å². The first kappa shape index (κ1) is 24.3. The summed E-state index contributed by atoms with van der Waals surface area (Å²) in [6, 6.07) is 15.2. The van der Waals surface area contributed by atoms with Gasteiger partial charge in [-0.3, -0.25) is 9.59 Å². The second kappa shape index (κ2) is 12.0. The van der Waals surface area contributed by atoms with Gasteiger partial charge in [-0.25, -0.2) is 0 Å². The van der Waals surface area contributed by atoms with Crippen molar-refractivity contribution in [3.8, 4) is 0 Å². The van der Waals surface area contributed by atoms with E-state index in [1.807, 2.05) is 32.0 Å². The summed E-state index contributed by atoms with van der Waals surface area (Å²) in [5, 5.41) is 3.63. The molecule has 2 rings (SSSR count). The number of halogens is 1. The number of carbonyl (C=O) groups excluding carboxylic acids is 2. The van der Waals surface area contributed by atoms with Crippen molar-refractivity contribution in [3.05, 3.63) is 70.2 Å². The minimum Gasteiger partial charge on any atom is -0.352 e. The van der Waals surface area contributed by atoms with Crippen molar-refractivity contribution < 1.29 is 9.59 Å². The third kappa shape index (κ3) is 7.69. The van der Waals surface area contributed by atoms with Gasteiger partial charge in [-0.15, -0.1) is 11.8 Å². The van der Waals surface area contributed by atoms with Crippen LogP contribution in [0.3, 0.4) is 0 Å². The first-order valence-corrected chi connectivity index (χ1v) is 11.8. The summed E-state index contributed by atoms with van der Waals surface area (Å²) in [7, 11) is 0.